The lowest BCUT2D eigenvalue weighted by molar-refractivity contribution is 0.614. The van der Waals surface area contributed by atoms with Crippen LogP contribution in [0.25, 0.3) is 0 Å². The number of rotatable bonds is 3. The minimum Gasteiger partial charge on any atom is -0.382 e. The number of nitrogens with zero attached hydrogens (tertiary/aromatic N) is 2. The van der Waals surface area contributed by atoms with Crippen molar-refractivity contribution in [2.24, 2.45) is 13.0 Å². The Labute approximate surface area is 98.8 Å². The van der Waals surface area contributed by atoms with E-state index in [4.69, 9.17) is 11.6 Å². The van der Waals surface area contributed by atoms with Crippen LogP contribution in [0.4, 0.5) is 5.69 Å². The number of aryl methyl sites for hydroxylation is 1. The van der Waals surface area contributed by atoms with Crippen molar-refractivity contribution in [3.05, 3.63) is 21.6 Å². The minimum absolute atomic E-state index is 0.212. The zero-order valence-corrected chi connectivity index (χ0v) is 9.92. The Kier molecular flexibility index (Phi) is 3.46. The van der Waals surface area contributed by atoms with Crippen LogP contribution in [0.15, 0.2) is 11.0 Å². The lowest BCUT2D eigenvalue weighted by Crippen LogP contribution is -2.23. The van der Waals surface area contributed by atoms with Crippen molar-refractivity contribution in [2.45, 2.75) is 6.42 Å². The molecule has 1 aliphatic rings. The number of hydrogen-bond donors (Lipinski definition) is 2. The Morgan fingerprint density at radius 2 is 2.56 bits per heavy atom. The molecule has 0 radical (unpaired) electrons. The highest BCUT2D eigenvalue weighted by Gasteiger charge is 2.15. The molecule has 1 unspecified atom stereocenters. The van der Waals surface area contributed by atoms with Gasteiger partial charge in [0.1, 0.15) is 5.02 Å². The zero-order valence-electron chi connectivity index (χ0n) is 9.16. The number of halogens is 1. The predicted molar refractivity (Wildman–Crippen MR) is 64.0 cm³/mol. The molecule has 1 aliphatic heterocycles. The quantitative estimate of drug-likeness (QED) is 0.809. The van der Waals surface area contributed by atoms with Crippen molar-refractivity contribution in [2.75, 3.05) is 25.0 Å². The molecule has 5 nitrogen and oxygen atoms in total. The molecule has 0 saturated carbocycles. The molecule has 0 aliphatic carbocycles. The van der Waals surface area contributed by atoms with Gasteiger partial charge in [0.2, 0.25) is 0 Å². The Bertz CT molecular complexity index is 425. The van der Waals surface area contributed by atoms with Crippen molar-refractivity contribution in [3.8, 4) is 0 Å². The van der Waals surface area contributed by atoms with Crippen LogP contribution < -0.4 is 16.2 Å². The first kappa shape index (κ1) is 11.4. The van der Waals surface area contributed by atoms with E-state index in [9.17, 15) is 4.79 Å². The molecule has 1 fully saturated rings. The third-order valence-corrected chi connectivity index (χ3v) is 3.19. The smallest absolute Gasteiger partial charge is 0.287 e. The standard InChI is InChI=1S/C10H15ClN4O/c1-15-10(16)9(11)8(6-14-15)13-5-7-2-3-12-4-7/h6-7,12-13H,2-5H2,1H3. The van der Waals surface area contributed by atoms with Crippen LogP contribution in [0.3, 0.4) is 0 Å². The lowest BCUT2D eigenvalue weighted by atomic mass is 10.1. The van der Waals surface area contributed by atoms with Crippen LogP contribution >= 0.6 is 11.6 Å². The lowest BCUT2D eigenvalue weighted by Gasteiger charge is -2.12. The van der Waals surface area contributed by atoms with Gasteiger partial charge in [0, 0.05) is 13.6 Å². The van der Waals surface area contributed by atoms with Gasteiger partial charge in [0.05, 0.1) is 11.9 Å². The maximum atomic E-state index is 11.5. The molecule has 1 aromatic rings. The highest BCUT2D eigenvalue weighted by Crippen LogP contribution is 2.16. The summed E-state index contributed by atoms with van der Waals surface area (Å²) in [5.74, 6) is 0.597. The second kappa shape index (κ2) is 4.84. The van der Waals surface area contributed by atoms with E-state index >= 15 is 0 Å². The van der Waals surface area contributed by atoms with Crippen LogP contribution in [-0.4, -0.2) is 29.4 Å². The summed E-state index contributed by atoms with van der Waals surface area (Å²) < 4.78 is 1.23. The topological polar surface area (TPSA) is 59.0 Å². The molecule has 2 heterocycles. The zero-order chi connectivity index (χ0) is 11.5. The summed E-state index contributed by atoms with van der Waals surface area (Å²) in [5.41, 5.74) is 0.355. The van der Waals surface area contributed by atoms with Gasteiger partial charge in [0.15, 0.2) is 0 Å². The average molecular weight is 243 g/mol. The minimum atomic E-state index is -0.267. The monoisotopic (exact) mass is 242 g/mol. The van der Waals surface area contributed by atoms with Gasteiger partial charge in [-0.2, -0.15) is 5.10 Å². The second-order valence-electron chi connectivity index (χ2n) is 4.04. The first-order chi connectivity index (χ1) is 7.68. The fraction of sp³-hybridized carbons (Fsp3) is 0.600. The van der Waals surface area contributed by atoms with Gasteiger partial charge in [-0.15, -0.1) is 0 Å². The Balaban J connectivity index is 2.04. The van der Waals surface area contributed by atoms with Crippen molar-refractivity contribution in [1.29, 1.82) is 0 Å². The van der Waals surface area contributed by atoms with Crippen LogP contribution in [0.2, 0.25) is 5.02 Å². The molecule has 2 rings (SSSR count). The predicted octanol–water partition coefficient (Wildman–Crippen LogP) is 0.455. The molecular formula is C10H15ClN4O. The van der Waals surface area contributed by atoms with E-state index in [-0.39, 0.29) is 10.6 Å². The van der Waals surface area contributed by atoms with Crippen molar-refractivity contribution in [3.63, 3.8) is 0 Å². The van der Waals surface area contributed by atoms with E-state index in [0.717, 1.165) is 26.1 Å². The van der Waals surface area contributed by atoms with Crippen LogP contribution in [0.1, 0.15) is 6.42 Å². The number of anilines is 1. The summed E-state index contributed by atoms with van der Waals surface area (Å²) in [4.78, 5) is 11.5. The highest BCUT2D eigenvalue weighted by atomic mass is 35.5. The van der Waals surface area contributed by atoms with E-state index in [1.54, 1.807) is 13.2 Å². The summed E-state index contributed by atoms with van der Waals surface area (Å²) >= 11 is 5.93. The first-order valence-corrected chi connectivity index (χ1v) is 5.72. The third-order valence-electron chi connectivity index (χ3n) is 2.82. The molecular weight excluding hydrogens is 228 g/mol. The number of hydrogen-bond acceptors (Lipinski definition) is 4. The fourth-order valence-corrected chi connectivity index (χ4v) is 2.01. The normalized spacial score (nSPS) is 20.0. The van der Waals surface area contributed by atoms with Gasteiger partial charge < -0.3 is 10.6 Å². The third kappa shape index (κ3) is 2.36. The first-order valence-electron chi connectivity index (χ1n) is 5.35. The summed E-state index contributed by atoms with van der Waals surface area (Å²) in [7, 11) is 1.58. The summed E-state index contributed by atoms with van der Waals surface area (Å²) in [6.07, 6.45) is 2.75. The largest absolute Gasteiger partial charge is 0.382 e. The van der Waals surface area contributed by atoms with E-state index in [2.05, 4.69) is 15.7 Å². The Morgan fingerprint density at radius 1 is 1.75 bits per heavy atom. The summed E-state index contributed by atoms with van der Waals surface area (Å²) in [5, 5.41) is 10.6. The molecule has 16 heavy (non-hydrogen) atoms. The van der Waals surface area contributed by atoms with Crippen LogP contribution in [-0.2, 0) is 7.05 Å². The fourth-order valence-electron chi connectivity index (χ4n) is 1.78. The molecule has 6 heteroatoms. The molecule has 0 bridgehead atoms. The van der Waals surface area contributed by atoms with Crippen LogP contribution in [0.5, 0.6) is 0 Å². The van der Waals surface area contributed by atoms with Gasteiger partial charge in [-0.3, -0.25) is 4.79 Å². The van der Waals surface area contributed by atoms with E-state index in [1.165, 1.54) is 4.68 Å². The average Bonchev–Trinajstić information content (AvgIpc) is 2.78. The van der Waals surface area contributed by atoms with Crippen molar-refractivity contribution >= 4 is 17.3 Å². The molecule has 1 aromatic heterocycles. The van der Waals surface area contributed by atoms with Crippen LogP contribution in [0, 0.1) is 5.92 Å². The SMILES string of the molecule is Cn1ncc(NCC2CCNC2)c(Cl)c1=O. The summed E-state index contributed by atoms with van der Waals surface area (Å²) in [6.45, 7) is 2.90. The van der Waals surface area contributed by atoms with Gasteiger partial charge in [-0.25, -0.2) is 4.68 Å². The number of nitrogens with one attached hydrogen (secondary N) is 2. The summed E-state index contributed by atoms with van der Waals surface area (Å²) in [6, 6.07) is 0. The van der Waals surface area contributed by atoms with Gasteiger partial charge in [-0.05, 0) is 25.4 Å². The molecule has 1 atom stereocenters. The van der Waals surface area contributed by atoms with E-state index in [0.29, 0.717) is 11.6 Å². The van der Waals surface area contributed by atoms with Gasteiger partial charge >= 0.3 is 0 Å². The van der Waals surface area contributed by atoms with E-state index < -0.39 is 0 Å². The molecule has 0 amide bonds. The molecule has 0 spiro atoms. The Hall–Kier alpha value is -1.07. The van der Waals surface area contributed by atoms with Crippen molar-refractivity contribution in [1.82, 2.24) is 15.1 Å². The molecule has 2 N–H and O–H groups in total. The number of aromatic nitrogens is 2. The highest BCUT2D eigenvalue weighted by molar-refractivity contribution is 6.32. The second-order valence-corrected chi connectivity index (χ2v) is 4.42. The maximum Gasteiger partial charge on any atom is 0.287 e. The van der Waals surface area contributed by atoms with Gasteiger partial charge in [0.25, 0.3) is 5.56 Å². The van der Waals surface area contributed by atoms with Crippen molar-refractivity contribution < 1.29 is 0 Å². The van der Waals surface area contributed by atoms with E-state index in [1.807, 2.05) is 0 Å². The maximum absolute atomic E-state index is 11.5. The Morgan fingerprint density at radius 3 is 3.25 bits per heavy atom. The van der Waals surface area contributed by atoms with Gasteiger partial charge in [-0.1, -0.05) is 11.6 Å². The molecule has 1 saturated heterocycles. The molecule has 0 aromatic carbocycles. The molecule has 88 valence electrons.